The van der Waals surface area contributed by atoms with Crippen molar-refractivity contribution in [3.63, 3.8) is 0 Å². The van der Waals surface area contributed by atoms with Gasteiger partial charge in [-0.1, -0.05) is 30.3 Å². The molecule has 0 unspecified atom stereocenters. The van der Waals surface area contributed by atoms with Gasteiger partial charge in [0.2, 0.25) is 5.91 Å². The minimum absolute atomic E-state index is 0.0913. The number of rotatable bonds is 9. The Bertz CT molecular complexity index is 855. The molecule has 0 saturated heterocycles. The van der Waals surface area contributed by atoms with Crippen LogP contribution in [0.5, 0.6) is 5.75 Å². The van der Waals surface area contributed by atoms with E-state index in [1.807, 2.05) is 0 Å². The largest absolute Gasteiger partial charge is 0.495 e. The van der Waals surface area contributed by atoms with Crippen molar-refractivity contribution in [2.24, 2.45) is 0 Å². The molecule has 0 radical (unpaired) electrons. The molecule has 1 amide bonds. The number of carbonyl (C=O) groups is 1. The number of nitrogens with one attached hydrogen (secondary N) is 1. The topological polar surface area (TPSA) is 84.9 Å². The number of amides is 1. The van der Waals surface area contributed by atoms with Gasteiger partial charge < -0.3 is 14.8 Å². The van der Waals surface area contributed by atoms with Crippen molar-refractivity contribution in [1.82, 2.24) is 5.32 Å². The van der Waals surface area contributed by atoms with Crippen molar-refractivity contribution in [1.29, 1.82) is 0 Å². The van der Waals surface area contributed by atoms with Crippen molar-refractivity contribution in [3.05, 3.63) is 54.6 Å². The summed E-state index contributed by atoms with van der Waals surface area (Å²) in [7, 11) is -0.986. The van der Waals surface area contributed by atoms with Crippen molar-refractivity contribution in [3.8, 4) is 5.75 Å². The molecule has 27 heavy (non-hydrogen) atoms. The molecular weight excluding hydrogens is 368 g/mol. The first kappa shape index (κ1) is 20.7. The summed E-state index contributed by atoms with van der Waals surface area (Å²) in [6.07, 6.45) is 0. The molecule has 0 fully saturated rings. The summed E-state index contributed by atoms with van der Waals surface area (Å²) in [5.74, 6) is -0.0836. The molecule has 2 aromatic rings. The quantitative estimate of drug-likeness (QED) is 0.706. The molecule has 0 aliphatic heterocycles. The van der Waals surface area contributed by atoms with Gasteiger partial charge in [-0.05, 0) is 31.2 Å². The van der Waals surface area contributed by atoms with Crippen LogP contribution in [0.3, 0.4) is 0 Å². The Morgan fingerprint density at radius 1 is 1.07 bits per heavy atom. The predicted octanol–water partition coefficient (Wildman–Crippen LogP) is 2.04. The van der Waals surface area contributed by atoms with Crippen LogP contribution >= 0.6 is 0 Å². The Hall–Kier alpha value is -2.58. The lowest BCUT2D eigenvalue weighted by Gasteiger charge is -2.26. The molecule has 0 saturated carbocycles. The molecule has 1 N–H and O–H groups in total. The average Bonchev–Trinajstić information content (AvgIpc) is 2.67. The molecule has 1 atom stereocenters. The zero-order valence-electron chi connectivity index (χ0n) is 15.6. The van der Waals surface area contributed by atoms with Gasteiger partial charge in [0.1, 0.15) is 12.3 Å². The lowest BCUT2D eigenvalue weighted by atomic mass is 10.3. The van der Waals surface area contributed by atoms with E-state index in [1.165, 1.54) is 26.4 Å². The minimum atomic E-state index is -3.97. The summed E-state index contributed by atoms with van der Waals surface area (Å²) in [5, 5.41) is 2.73. The van der Waals surface area contributed by atoms with Crippen LogP contribution in [0.15, 0.2) is 59.5 Å². The standard InChI is InChI=1S/C19H24N2O5S/c1-15(14-25-2)20-19(22)13-21(17-11-7-8-12-18(17)26-3)27(23,24)16-9-5-4-6-10-16/h4-12,15H,13-14H2,1-3H3,(H,20,22)/t15-/m1/s1. The van der Waals surface area contributed by atoms with Crippen LogP contribution in [0.25, 0.3) is 0 Å². The fourth-order valence-corrected chi connectivity index (χ4v) is 4.05. The lowest BCUT2D eigenvalue weighted by Crippen LogP contribution is -2.44. The number of nitrogens with zero attached hydrogens (tertiary/aromatic N) is 1. The molecule has 0 heterocycles. The number of anilines is 1. The third-order valence-electron chi connectivity index (χ3n) is 3.80. The highest BCUT2D eigenvalue weighted by Gasteiger charge is 2.29. The van der Waals surface area contributed by atoms with Gasteiger partial charge >= 0.3 is 0 Å². The van der Waals surface area contributed by atoms with Gasteiger partial charge in [-0.25, -0.2) is 8.42 Å². The summed E-state index contributed by atoms with van der Waals surface area (Å²) in [6, 6.07) is 14.4. The Kier molecular flexibility index (Phi) is 7.20. The number of carbonyl (C=O) groups excluding carboxylic acids is 1. The number of benzene rings is 2. The van der Waals surface area contributed by atoms with E-state index < -0.39 is 15.9 Å². The van der Waals surface area contributed by atoms with E-state index in [-0.39, 0.29) is 17.5 Å². The highest BCUT2D eigenvalue weighted by Crippen LogP contribution is 2.31. The summed E-state index contributed by atoms with van der Waals surface area (Å²) < 4.78 is 37.8. The van der Waals surface area contributed by atoms with E-state index in [9.17, 15) is 13.2 Å². The minimum Gasteiger partial charge on any atom is -0.495 e. The molecule has 0 aliphatic rings. The van der Waals surface area contributed by atoms with Crippen LogP contribution in [-0.2, 0) is 19.6 Å². The van der Waals surface area contributed by atoms with Crippen LogP contribution in [0.1, 0.15) is 6.92 Å². The van der Waals surface area contributed by atoms with Crippen LogP contribution in [0.4, 0.5) is 5.69 Å². The molecule has 0 aromatic heterocycles. The maximum Gasteiger partial charge on any atom is 0.264 e. The van der Waals surface area contributed by atoms with Crippen molar-refractivity contribution >= 4 is 21.6 Å². The van der Waals surface area contributed by atoms with E-state index in [0.29, 0.717) is 18.0 Å². The SMILES string of the molecule is COC[C@@H](C)NC(=O)CN(c1ccccc1OC)S(=O)(=O)c1ccccc1. The number of methoxy groups -OCH3 is 2. The maximum absolute atomic E-state index is 13.2. The molecule has 0 spiro atoms. The summed E-state index contributed by atoms with van der Waals surface area (Å²) in [6.45, 7) is 1.72. The third-order valence-corrected chi connectivity index (χ3v) is 5.57. The Morgan fingerprint density at radius 2 is 1.70 bits per heavy atom. The Morgan fingerprint density at radius 3 is 2.33 bits per heavy atom. The highest BCUT2D eigenvalue weighted by molar-refractivity contribution is 7.92. The lowest BCUT2D eigenvalue weighted by molar-refractivity contribution is -0.120. The fourth-order valence-electron chi connectivity index (χ4n) is 2.60. The summed E-state index contributed by atoms with van der Waals surface area (Å²) in [4.78, 5) is 12.6. The van der Waals surface area contributed by atoms with Crippen molar-refractivity contribution in [2.45, 2.75) is 17.9 Å². The second-order valence-electron chi connectivity index (χ2n) is 5.92. The van der Waals surface area contributed by atoms with Gasteiger partial charge in [0.05, 0.1) is 24.3 Å². The molecule has 146 valence electrons. The fraction of sp³-hybridized carbons (Fsp3) is 0.316. The van der Waals surface area contributed by atoms with Gasteiger partial charge in [0.25, 0.3) is 10.0 Å². The van der Waals surface area contributed by atoms with Crippen molar-refractivity contribution < 1.29 is 22.7 Å². The van der Waals surface area contributed by atoms with Gasteiger partial charge in [-0.3, -0.25) is 9.10 Å². The smallest absolute Gasteiger partial charge is 0.264 e. The number of hydrogen-bond donors (Lipinski definition) is 1. The first-order valence-electron chi connectivity index (χ1n) is 8.39. The number of hydrogen-bond acceptors (Lipinski definition) is 5. The first-order valence-corrected chi connectivity index (χ1v) is 9.83. The van der Waals surface area contributed by atoms with Crippen LogP contribution in [0.2, 0.25) is 0 Å². The second-order valence-corrected chi connectivity index (χ2v) is 7.78. The van der Waals surface area contributed by atoms with Gasteiger partial charge in [-0.15, -0.1) is 0 Å². The molecule has 8 heteroatoms. The second kappa shape index (κ2) is 9.38. The van der Waals surface area contributed by atoms with E-state index in [1.54, 1.807) is 49.4 Å². The Labute approximate surface area is 160 Å². The van der Waals surface area contributed by atoms with E-state index in [2.05, 4.69) is 5.32 Å². The van der Waals surface area contributed by atoms with E-state index in [4.69, 9.17) is 9.47 Å². The summed E-state index contributed by atoms with van der Waals surface area (Å²) >= 11 is 0. The number of para-hydroxylation sites is 2. The zero-order chi connectivity index (χ0) is 19.9. The number of ether oxygens (including phenoxy) is 2. The van der Waals surface area contributed by atoms with Crippen LogP contribution < -0.4 is 14.4 Å². The normalized spacial score (nSPS) is 12.3. The molecular formula is C19H24N2O5S. The van der Waals surface area contributed by atoms with Crippen LogP contribution in [-0.4, -0.2) is 47.7 Å². The van der Waals surface area contributed by atoms with Gasteiger partial charge in [0.15, 0.2) is 0 Å². The molecule has 7 nitrogen and oxygen atoms in total. The molecule has 2 aromatic carbocycles. The molecule has 0 bridgehead atoms. The van der Waals surface area contributed by atoms with Crippen LogP contribution in [0, 0.1) is 0 Å². The summed E-state index contributed by atoms with van der Waals surface area (Å²) in [5.41, 5.74) is 0.290. The van der Waals surface area contributed by atoms with Crippen molar-refractivity contribution in [2.75, 3.05) is 31.7 Å². The first-order chi connectivity index (χ1) is 12.9. The average molecular weight is 392 g/mol. The van der Waals surface area contributed by atoms with E-state index >= 15 is 0 Å². The highest BCUT2D eigenvalue weighted by atomic mass is 32.2. The zero-order valence-corrected chi connectivity index (χ0v) is 16.4. The van der Waals surface area contributed by atoms with Gasteiger partial charge in [-0.2, -0.15) is 0 Å². The maximum atomic E-state index is 13.2. The van der Waals surface area contributed by atoms with Gasteiger partial charge in [0, 0.05) is 13.2 Å². The predicted molar refractivity (Wildman–Crippen MR) is 103 cm³/mol. The monoisotopic (exact) mass is 392 g/mol. The Balaban J connectivity index is 2.42. The molecule has 2 rings (SSSR count). The molecule has 0 aliphatic carbocycles. The number of sulfonamides is 1. The van der Waals surface area contributed by atoms with E-state index in [0.717, 1.165) is 4.31 Å². The third kappa shape index (κ3) is 5.21.